The number of benzene rings is 1. The van der Waals surface area contributed by atoms with Crippen LogP contribution < -0.4 is 20.9 Å². The highest BCUT2D eigenvalue weighted by Crippen LogP contribution is 2.32. The van der Waals surface area contributed by atoms with Gasteiger partial charge >= 0.3 is 0 Å². The van der Waals surface area contributed by atoms with Crippen molar-refractivity contribution in [1.82, 2.24) is 20.2 Å². The second-order valence-electron chi connectivity index (χ2n) is 9.85. The van der Waals surface area contributed by atoms with Gasteiger partial charge in [-0.3, -0.25) is 4.79 Å². The van der Waals surface area contributed by atoms with E-state index in [1.165, 1.54) is 17.3 Å². The Balaban J connectivity index is 1.28. The van der Waals surface area contributed by atoms with Gasteiger partial charge in [-0.05, 0) is 80.9 Å². The number of piperazine rings is 1. The van der Waals surface area contributed by atoms with Crippen LogP contribution in [0.4, 0.5) is 23.1 Å². The van der Waals surface area contributed by atoms with Crippen LogP contribution in [0, 0.1) is 6.92 Å². The van der Waals surface area contributed by atoms with Gasteiger partial charge in [0.15, 0.2) is 0 Å². The molecule has 3 N–H and O–H groups in total. The number of rotatable bonds is 7. The zero-order valence-corrected chi connectivity index (χ0v) is 21.9. The molecule has 0 atom stereocenters. The molecule has 0 bridgehead atoms. The van der Waals surface area contributed by atoms with Crippen molar-refractivity contribution in [3.8, 4) is 0 Å². The van der Waals surface area contributed by atoms with Crippen LogP contribution in [0.3, 0.4) is 0 Å². The number of hydrogen-bond acceptors (Lipinski definition) is 8. The monoisotopic (exact) mass is 505 g/mol. The average molecular weight is 506 g/mol. The molecule has 1 saturated carbocycles. The zero-order valence-electron chi connectivity index (χ0n) is 21.1. The third kappa shape index (κ3) is 5.63. The van der Waals surface area contributed by atoms with Gasteiger partial charge in [0, 0.05) is 49.6 Å². The molecule has 3 heterocycles. The van der Waals surface area contributed by atoms with Crippen molar-refractivity contribution in [2.75, 3.05) is 48.8 Å². The summed E-state index contributed by atoms with van der Waals surface area (Å²) in [5.41, 5.74) is 4.48. The van der Waals surface area contributed by atoms with Gasteiger partial charge in [0.2, 0.25) is 11.9 Å². The molecule has 1 aromatic carbocycles. The van der Waals surface area contributed by atoms with Crippen LogP contribution in [0.2, 0.25) is 0 Å². The van der Waals surface area contributed by atoms with Gasteiger partial charge in [0.05, 0.1) is 10.2 Å². The van der Waals surface area contributed by atoms with Crippen LogP contribution >= 0.6 is 11.3 Å². The molecule has 190 valence electrons. The van der Waals surface area contributed by atoms with Gasteiger partial charge in [0.25, 0.3) is 0 Å². The SMILES string of the molecule is C=CC(=O)NC1CCC(Nc2nc(Nc3ccc(N4CCN(C)CC4)c(C)c3)nc3ccsc23)CC1. The Morgan fingerprint density at radius 3 is 2.56 bits per heavy atom. The first-order valence-electron chi connectivity index (χ1n) is 12.7. The van der Waals surface area contributed by atoms with Crippen molar-refractivity contribution < 1.29 is 4.79 Å². The van der Waals surface area contributed by atoms with Crippen molar-refractivity contribution >= 4 is 50.6 Å². The van der Waals surface area contributed by atoms with Crippen LogP contribution in [0.15, 0.2) is 42.3 Å². The Hall–Kier alpha value is -3.17. The van der Waals surface area contributed by atoms with E-state index in [0.29, 0.717) is 12.0 Å². The lowest BCUT2D eigenvalue weighted by Gasteiger charge is -2.35. The molecule has 1 aliphatic carbocycles. The first kappa shape index (κ1) is 24.5. The summed E-state index contributed by atoms with van der Waals surface area (Å²) in [5, 5.41) is 12.2. The van der Waals surface area contributed by atoms with E-state index in [9.17, 15) is 4.79 Å². The van der Waals surface area contributed by atoms with E-state index in [2.05, 4.69) is 69.9 Å². The zero-order chi connectivity index (χ0) is 25.1. The Morgan fingerprint density at radius 1 is 1.08 bits per heavy atom. The number of carbonyl (C=O) groups is 1. The molecule has 36 heavy (non-hydrogen) atoms. The molecule has 2 aromatic heterocycles. The molecule has 0 unspecified atom stereocenters. The summed E-state index contributed by atoms with van der Waals surface area (Å²) >= 11 is 1.66. The number of fused-ring (bicyclic) bond motifs is 1. The van der Waals surface area contributed by atoms with E-state index in [-0.39, 0.29) is 11.9 Å². The molecule has 1 saturated heterocycles. The van der Waals surface area contributed by atoms with Crippen molar-refractivity contribution in [3.05, 3.63) is 47.9 Å². The fraction of sp³-hybridized carbons (Fsp3) is 0.444. The van der Waals surface area contributed by atoms with E-state index < -0.39 is 0 Å². The Kier molecular flexibility index (Phi) is 7.38. The second kappa shape index (κ2) is 10.8. The summed E-state index contributed by atoms with van der Waals surface area (Å²) in [6, 6.07) is 9.08. The number of likely N-dealkylation sites (N-methyl/N-ethyl adjacent to an activating group) is 1. The molecule has 2 aliphatic rings. The van der Waals surface area contributed by atoms with Crippen molar-refractivity contribution in [2.24, 2.45) is 0 Å². The fourth-order valence-corrected chi connectivity index (χ4v) is 5.90. The minimum absolute atomic E-state index is 0.0926. The highest BCUT2D eigenvalue weighted by molar-refractivity contribution is 7.17. The van der Waals surface area contributed by atoms with E-state index in [1.807, 2.05) is 6.07 Å². The molecule has 8 nitrogen and oxygen atoms in total. The second-order valence-corrected chi connectivity index (χ2v) is 10.8. The topological polar surface area (TPSA) is 85.4 Å². The van der Waals surface area contributed by atoms with Crippen molar-refractivity contribution in [2.45, 2.75) is 44.7 Å². The first-order chi connectivity index (χ1) is 17.5. The van der Waals surface area contributed by atoms with Crippen LogP contribution in [0.25, 0.3) is 10.2 Å². The number of amides is 1. The molecule has 9 heteroatoms. The number of aryl methyl sites for hydroxylation is 1. The van der Waals surface area contributed by atoms with Crippen LogP contribution in [0.5, 0.6) is 0 Å². The molecule has 0 spiro atoms. The van der Waals surface area contributed by atoms with Crippen molar-refractivity contribution in [3.63, 3.8) is 0 Å². The molecular weight excluding hydrogens is 470 g/mol. The number of nitrogens with zero attached hydrogens (tertiary/aromatic N) is 4. The lowest BCUT2D eigenvalue weighted by atomic mass is 9.91. The highest BCUT2D eigenvalue weighted by atomic mass is 32.1. The molecular formula is C27H35N7OS. The number of anilines is 4. The normalized spacial score (nSPS) is 20.8. The van der Waals surface area contributed by atoms with Gasteiger partial charge in [-0.2, -0.15) is 4.98 Å². The number of carbonyl (C=O) groups excluding carboxylic acids is 1. The smallest absolute Gasteiger partial charge is 0.243 e. The minimum Gasteiger partial charge on any atom is -0.369 e. The quantitative estimate of drug-likeness (QED) is 0.407. The number of thiophene rings is 1. The molecule has 3 aromatic rings. The van der Waals surface area contributed by atoms with Gasteiger partial charge in [-0.15, -0.1) is 11.3 Å². The van der Waals surface area contributed by atoms with E-state index >= 15 is 0 Å². The minimum atomic E-state index is -0.0926. The summed E-state index contributed by atoms with van der Waals surface area (Å²) in [6.07, 6.45) is 5.19. The standard InChI is InChI=1S/C27H35N7OS/c1-4-24(35)28-19-5-7-20(8-6-19)29-26-25-22(11-16-36-25)31-27(32-26)30-21-9-10-23(18(2)17-21)34-14-12-33(3)13-15-34/h4,9-11,16-17,19-20H,1,5-8,12-15H2,2-3H3,(H,28,35)(H2,29,30,31,32). The van der Waals surface area contributed by atoms with E-state index in [1.54, 1.807) is 11.3 Å². The Bertz CT molecular complexity index is 1230. The Labute approximate surface area is 216 Å². The Morgan fingerprint density at radius 2 is 1.83 bits per heavy atom. The number of hydrogen-bond donors (Lipinski definition) is 3. The predicted octanol–water partition coefficient (Wildman–Crippen LogP) is 4.52. The molecule has 1 amide bonds. The van der Waals surface area contributed by atoms with E-state index in [0.717, 1.165) is 73.6 Å². The van der Waals surface area contributed by atoms with Crippen LogP contribution in [-0.4, -0.2) is 66.1 Å². The van der Waals surface area contributed by atoms with Crippen molar-refractivity contribution in [1.29, 1.82) is 0 Å². The third-order valence-corrected chi connectivity index (χ3v) is 8.11. The molecule has 1 aliphatic heterocycles. The molecule has 0 radical (unpaired) electrons. The van der Waals surface area contributed by atoms with Gasteiger partial charge in [-0.25, -0.2) is 4.98 Å². The fourth-order valence-electron chi connectivity index (χ4n) is 5.12. The lowest BCUT2D eigenvalue weighted by molar-refractivity contribution is -0.117. The summed E-state index contributed by atoms with van der Waals surface area (Å²) in [5.74, 6) is 1.38. The van der Waals surface area contributed by atoms with Gasteiger partial charge < -0.3 is 25.8 Å². The summed E-state index contributed by atoms with van der Waals surface area (Å²) in [7, 11) is 2.18. The van der Waals surface area contributed by atoms with Gasteiger partial charge in [0.1, 0.15) is 5.82 Å². The first-order valence-corrected chi connectivity index (χ1v) is 13.6. The number of nitrogens with one attached hydrogen (secondary N) is 3. The van der Waals surface area contributed by atoms with Crippen LogP contribution in [-0.2, 0) is 4.79 Å². The maximum absolute atomic E-state index is 11.6. The summed E-state index contributed by atoms with van der Waals surface area (Å²) < 4.78 is 1.07. The predicted molar refractivity (Wildman–Crippen MR) is 150 cm³/mol. The third-order valence-electron chi connectivity index (χ3n) is 7.20. The number of aromatic nitrogens is 2. The largest absolute Gasteiger partial charge is 0.369 e. The molecule has 5 rings (SSSR count). The lowest BCUT2D eigenvalue weighted by Crippen LogP contribution is -2.44. The maximum Gasteiger partial charge on any atom is 0.243 e. The average Bonchev–Trinajstić information content (AvgIpc) is 3.35. The van der Waals surface area contributed by atoms with Crippen LogP contribution in [0.1, 0.15) is 31.2 Å². The molecule has 2 fully saturated rings. The maximum atomic E-state index is 11.6. The van der Waals surface area contributed by atoms with E-state index in [4.69, 9.17) is 9.97 Å². The van der Waals surface area contributed by atoms with Gasteiger partial charge in [-0.1, -0.05) is 6.58 Å². The summed E-state index contributed by atoms with van der Waals surface area (Å²) in [6.45, 7) is 10.0. The highest BCUT2D eigenvalue weighted by Gasteiger charge is 2.23. The summed E-state index contributed by atoms with van der Waals surface area (Å²) in [4.78, 5) is 26.1.